The topological polar surface area (TPSA) is 47.6 Å². The highest BCUT2D eigenvalue weighted by Gasteiger charge is 2.12. The van der Waals surface area contributed by atoms with E-state index in [9.17, 15) is 4.79 Å². The van der Waals surface area contributed by atoms with Crippen LogP contribution in [-0.2, 0) is 6.42 Å². The summed E-state index contributed by atoms with van der Waals surface area (Å²) in [7, 11) is 0. The van der Waals surface area contributed by atoms with Gasteiger partial charge in [-0.2, -0.15) is 0 Å². The van der Waals surface area contributed by atoms with Crippen LogP contribution in [0.4, 0.5) is 5.69 Å². The SMILES string of the molecule is CC(C)COc1ccccc1NC(=O)c1ccc(OCCc2ccccc2)c(Br)c1. The molecule has 0 saturated carbocycles. The molecule has 0 heterocycles. The molecule has 0 spiro atoms. The van der Waals surface area contributed by atoms with Gasteiger partial charge in [0.15, 0.2) is 0 Å². The summed E-state index contributed by atoms with van der Waals surface area (Å²) in [4.78, 5) is 12.7. The molecule has 30 heavy (non-hydrogen) atoms. The second-order valence-corrected chi connectivity index (χ2v) is 8.24. The molecule has 0 aliphatic rings. The zero-order chi connectivity index (χ0) is 21.3. The van der Waals surface area contributed by atoms with E-state index in [4.69, 9.17) is 9.47 Å². The number of halogens is 1. The molecule has 3 rings (SSSR count). The van der Waals surface area contributed by atoms with Crippen molar-refractivity contribution in [1.29, 1.82) is 0 Å². The maximum Gasteiger partial charge on any atom is 0.255 e. The first-order valence-corrected chi connectivity index (χ1v) is 10.8. The van der Waals surface area contributed by atoms with Crippen molar-refractivity contribution in [3.8, 4) is 11.5 Å². The first kappa shape index (κ1) is 21.9. The van der Waals surface area contributed by atoms with E-state index in [1.165, 1.54) is 5.56 Å². The van der Waals surface area contributed by atoms with E-state index in [1.807, 2.05) is 48.5 Å². The third-order valence-corrected chi connectivity index (χ3v) is 5.01. The van der Waals surface area contributed by atoms with Crippen LogP contribution in [0.25, 0.3) is 0 Å². The molecular weight excluding hydrogens is 442 g/mol. The normalized spacial score (nSPS) is 10.7. The molecule has 0 atom stereocenters. The molecule has 3 aromatic carbocycles. The molecule has 5 heteroatoms. The Kier molecular flexibility index (Phi) is 7.91. The number of ether oxygens (including phenoxy) is 2. The molecule has 0 radical (unpaired) electrons. The van der Waals surface area contributed by atoms with Crippen LogP contribution in [0.3, 0.4) is 0 Å². The Morgan fingerprint density at radius 3 is 2.40 bits per heavy atom. The van der Waals surface area contributed by atoms with Gasteiger partial charge in [0.1, 0.15) is 11.5 Å². The summed E-state index contributed by atoms with van der Waals surface area (Å²) in [5.41, 5.74) is 2.42. The summed E-state index contributed by atoms with van der Waals surface area (Å²) in [6.45, 7) is 5.33. The van der Waals surface area contributed by atoms with Gasteiger partial charge in [0.2, 0.25) is 0 Å². The zero-order valence-electron chi connectivity index (χ0n) is 17.2. The van der Waals surface area contributed by atoms with Crippen molar-refractivity contribution in [3.63, 3.8) is 0 Å². The van der Waals surface area contributed by atoms with Crippen LogP contribution in [0.2, 0.25) is 0 Å². The van der Waals surface area contributed by atoms with E-state index in [-0.39, 0.29) is 5.91 Å². The zero-order valence-corrected chi connectivity index (χ0v) is 18.8. The number of para-hydroxylation sites is 2. The monoisotopic (exact) mass is 467 g/mol. The van der Waals surface area contributed by atoms with Crippen LogP contribution in [0.15, 0.2) is 77.3 Å². The maximum atomic E-state index is 12.7. The highest BCUT2D eigenvalue weighted by molar-refractivity contribution is 9.10. The van der Waals surface area contributed by atoms with Gasteiger partial charge in [-0.05, 0) is 57.7 Å². The minimum Gasteiger partial charge on any atom is -0.492 e. The van der Waals surface area contributed by atoms with E-state index in [2.05, 4.69) is 47.2 Å². The van der Waals surface area contributed by atoms with Gasteiger partial charge in [0, 0.05) is 12.0 Å². The van der Waals surface area contributed by atoms with E-state index in [0.717, 1.165) is 10.9 Å². The molecule has 156 valence electrons. The van der Waals surface area contributed by atoms with E-state index < -0.39 is 0 Å². The summed E-state index contributed by atoms with van der Waals surface area (Å²) in [5.74, 6) is 1.58. The fraction of sp³-hybridized carbons (Fsp3) is 0.240. The van der Waals surface area contributed by atoms with Crippen LogP contribution in [0.1, 0.15) is 29.8 Å². The minimum absolute atomic E-state index is 0.202. The predicted octanol–water partition coefficient (Wildman–Crippen LogP) is 6.36. The summed E-state index contributed by atoms with van der Waals surface area (Å²) < 4.78 is 12.4. The van der Waals surface area contributed by atoms with Crippen molar-refractivity contribution < 1.29 is 14.3 Å². The minimum atomic E-state index is -0.202. The van der Waals surface area contributed by atoms with Gasteiger partial charge >= 0.3 is 0 Å². The van der Waals surface area contributed by atoms with Gasteiger partial charge in [0.25, 0.3) is 5.91 Å². The predicted molar refractivity (Wildman–Crippen MR) is 125 cm³/mol. The second-order valence-electron chi connectivity index (χ2n) is 7.38. The Hall–Kier alpha value is -2.79. The number of amides is 1. The lowest BCUT2D eigenvalue weighted by molar-refractivity contribution is 0.102. The number of benzene rings is 3. The standard InChI is InChI=1S/C25H26BrNO3/c1-18(2)17-30-24-11-7-6-10-22(24)27-25(28)20-12-13-23(21(26)16-20)29-15-14-19-8-4-3-5-9-19/h3-13,16,18H,14-15,17H2,1-2H3,(H,27,28). The first-order chi connectivity index (χ1) is 14.5. The number of hydrogen-bond acceptors (Lipinski definition) is 3. The maximum absolute atomic E-state index is 12.7. The van der Waals surface area contributed by atoms with Crippen molar-refractivity contribution in [1.82, 2.24) is 0 Å². The lowest BCUT2D eigenvalue weighted by Gasteiger charge is -2.14. The molecular formula is C25H26BrNO3. The van der Waals surface area contributed by atoms with E-state index in [1.54, 1.807) is 12.1 Å². The van der Waals surface area contributed by atoms with Crippen LogP contribution < -0.4 is 14.8 Å². The molecule has 4 nitrogen and oxygen atoms in total. The molecule has 0 aromatic heterocycles. The number of anilines is 1. The Bertz CT molecular complexity index is 973. The van der Waals surface area contributed by atoms with Gasteiger partial charge in [-0.3, -0.25) is 4.79 Å². The van der Waals surface area contributed by atoms with E-state index in [0.29, 0.717) is 41.9 Å². The third-order valence-electron chi connectivity index (χ3n) is 4.39. The third kappa shape index (κ3) is 6.36. The Morgan fingerprint density at radius 1 is 0.933 bits per heavy atom. The average Bonchev–Trinajstić information content (AvgIpc) is 2.75. The summed E-state index contributed by atoms with van der Waals surface area (Å²) in [5, 5.41) is 2.94. The fourth-order valence-electron chi connectivity index (χ4n) is 2.83. The van der Waals surface area contributed by atoms with Gasteiger partial charge in [0.05, 0.1) is 23.4 Å². The molecule has 1 N–H and O–H groups in total. The highest BCUT2D eigenvalue weighted by Crippen LogP contribution is 2.28. The Labute approximate surface area is 186 Å². The summed E-state index contributed by atoms with van der Waals surface area (Å²) in [6.07, 6.45) is 0.822. The van der Waals surface area contributed by atoms with Crippen molar-refractivity contribution in [2.45, 2.75) is 20.3 Å². The van der Waals surface area contributed by atoms with Gasteiger partial charge in [-0.1, -0.05) is 56.3 Å². The Morgan fingerprint density at radius 2 is 1.67 bits per heavy atom. The average molecular weight is 468 g/mol. The quantitative estimate of drug-likeness (QED) is 0.398. The van der Waals surface area contributed by atoms with Crippen LogP contribution >= 0.6 is 15.9 Å². The smallest absolute Gasteiger partial charge is 0.255 e. The summed E-state index contributed by atoms with van der Waals surface area (Å²) >= 11 is 3.51. The molecule has 0 bridgehead atoms. The lowest BCUT2D eigenvalue weighted by atomic mass is 10.1. The second kappa shape index (κ2) is 10.8. The van der Waals surface area contributed by atoms with Crippen molar-refractivity contribution in [2.75, 3.05) is 18.5 Å². The largest absolute Gasteiger partial charge is 0.492 e. The van der Waals surface area contributed by atoms with E-state index >= 15 is 0 Å². The molecule has 1 amide bonds. The molecule has 0 saturated heterocycles. The van der Waals surface area contributed by atoms with Crippen molar-refractivity contribution >= 4 is 27.5 Å². The molecule has 3 aromatic rings. The van der Waals surface area contributed by atoms with Crippen LogP contribution in [0.5, 0.6) is 11.5 Å². The summed E-state index contributed by atoms with van der Waals surface area (Å²) in [6, 6.07) is 23.0. The number of nitrogens with one attached hydrogen (secondary N) is 1. The van der Waals surface area contributed by atoms with Gasteiger partial charge in [-0.15, -0.1) is 0 Å². The number of rotatable bonds is 9. The number of hydrogen-bond donors (Lipinski definition) is 1. The van der Waals surface area contributed by atoms with Crippen LogP contribution in [0, 0.1) is 5.92 Å². The van der Waals surface area contributed by atoms with Gasteiger partial charge in [-0.25, -0.2) is 0 Å². The fourth-order valence-corrected chi connectivity index (χ4v) is 3.32. The highest BCUT2D eigenvalue weighted by atomic mass is 79.9. The number of carbonyl (C=O) groups is 1. The lowest BCUT2D eigenvalue weighted by Crippen LogP contribution is -2.14. The first-order valence-electron chi connectivity index (χ1n) is 10.0. The van der Waals surface area contributed by atoms with Crippen molar-refractivity contribution in [2.24, 2.45) is 5.92 Å². The number of carbonyl (C=O) groups excluding carboxylic acids is 1. The molecule has 0 fully saturated rings. The van der Waals surface area contributed by atoms with Crippen molar-refractivity contribution in [3.05, 3.63) is 88.4 Å². The van der Waals surface area contributed by atoms with Gasteiger partial charge < -0.3 is 14.8 Å². The Balaban J connectivity index is 1.61. The molecule has 0 unspecified atom stereocenters. The molecule has 0 aliphatic heterocycles. The molecule has 0 aliphatic carbocycles. The van der Waals surface area contributed by atoms with Crippen LogP contribution in [-0.4, -0.2) is 19.1 Å².